The van der Waals surface area contributed by atoms with Crippen molar-refractivity contribution in [3.8, 4) is 16.3 Å². The van der Waals surface area contributed by atoms with Crippen molar-refractivity contribution in [2.75, 3.05) is 7.11 Å². The number of ether oxygens (including phenoxy) is 1. The second-order valence-electron chi connectivity index (χ2n) is 6.02. The molecule has 0 amide bonds. The third-order valence-electron chi connectivity index (χ3n) is 4.30. The number of rotatable bonds is 3. The lowest BCUT2D eigenvalue weighted by molar-refractivity contribution is 0.415. The van der Waals surface area contributed by atoms with E-state index in [1.165, 1.54) is 11.3 Å². The number of benzene rings is 2. The first-order valence-electron chi connectivity index (χ1n) is 8.16. The highest BCUT2D eigenvalue weighted by Gasteiger charge is 2.16. The van der Waals surface area contributed by atoms with Crippen LogP contribution >= 0.6 is 22.9 Å². The van der Waals surface area contributed by atoms with Crippen LogP contribution in [0.1, 0.15) is 12.5 Å². The first kappa shape index (κ1) is 17.0. The summed E-state index contributed by atoms with van der Waals surface area (Å²) in [5.74, 6) is 0.691. The Bertz CT molecular complexity index is 1210. The summed E-state index contributed by atoms with van der Waals surface area (Å²) in [7, 11) is 1.61. The summed E-state index contributed by atoms with van der Waals surface area (Å²) in [5.41, 5.74) is 3.18. The van der Waals surface area contributed by atoms with Crippen molar-refractivity contribution >= 4 is 44.1 Å². The van der Waals surface area contributed by atoms with E-state index in [1.807, 2.05) is 32.0 Å². The quantitative estimate of drug-likeness (QED) is 0.514. The highest BCUT2D eigenvalue weighted by atomic mass is 35.5. The van der Waals surface area contributed by atoms with Crippen molar-refractivity contribution < 1.29 is 4.74 Å². The van der Waals surface area contributed by atoms with E-state index in [4.69, 9.17) is 21.3 Å². The average Bonchev–Trinajstić information content (AvgIpc) is 3.06. The van der Waals surface area contributed by atoms with Gasteiger partial charge in [0.2, 0.25) is 0 Å². The smallest absolute Gasteiger partial charge is 0.261 e. The molecule has 0 aliphatic heterocycles. The van der Waals surface area contributed by atoms with E-state index in [2.05, 4.69) is 4.98 Å². The summed E-state index contributed by atoms with van der Waals surface area (Å²) in [6.45, 7) is 4.48. The summed E-state index contributed by atoms with van der Waals surface area (Å²) < 4.78 is 7.82. The molecule has 132 valence electrons. The largest absolute Gasteiger partial charge is 0.497 e. The lowest BCUT2D eigenvalue weighted by atomic mass is 10.1. The molecular weight excluding hydrogens is 370 g/mol. The van der Waals surface area contributed by atoms with Gasteiger partial charge in [0.15, 0.2) is 0 Å². The fraction of sp³-hybridized carbons (Fsp3) is 0.211. The highest BCUT2D eigenvalue weighted by molar-refractivity contribution is 7.21. The van der Waals surface area contributed by atoms with Gasteiger partial charge < -0.3 is 4.74 Å². The molecule has 0 aliphatic carbocycles. The van der Waals surface area contributed by atoms with Crippen molar-refractivity contribution in [3.05, 3.63) is 51.5 Å². The van der Waals surface area contributed by atoms with Gasteiger partial charge in [-0.15, -0.1) is 11.3 Å². The molecule has 4 aromatic rings. The van der Waals surface area contributed by atoms with E-state index >= 15 is 0 Å². The molecule has 0 saturated carbocycles. The Hall–Kier alpha value is -2.44. The number of fused-ring (bicyclic) bond motifs is 2. The molecule has 5 nitrogen and oxygen atoms in total. The maximum atomic E-state index is 12.7. The average molecular weight is 386 g/mol. The molecule has 2 aromatic heterocycles. The summed E-state index contributed by atoms with van der Waals surface area (Å²) in [6.07, 6.45) is 1.59. The Morgan fingerprint density at radius 2 is 2.04 bits per heavy atom. The van der Waals surface area contributed by atoms with E-state index in [-0.39, 0.29) is 5.56 Å². The van der Waals surface area contributed by atoms with E-state index in [0.29, 0.717) is 28.2 Å². The number of methoxy groups -OCH3 is 1. The van der Waals surface area contributed by atoms with Gasteiger partial charge in [-0.25, -0.2) is 9.97 Å². The summed E-state index contributed by atoms with van der Waals surface area (Å²) in [4.78, 5) is 21.9. The predicted octanol–water partition coefficient (Wildman–Crippen LogP) is 4.66. The van der Waals surface area contributed by atoms with Crippen LogP contribution in [0.5, 0.6) is 5.75 Å². The van der Waals surface area contributed by atoms with Crippen molar-refractivity contribution in [1.82, 2.24) is 14.5 Å². The van der Waals surface area contributed by atoms with Gasteiger partial charge in [-0.05, 0) is 37.6 Å². The molecule has 0 saturated heterocycles. The molecular formula is C19H16ClN3O2S. The normalized spacial score (nSPS) is 11.4. The number of hydrogen-bond donors (Lipinski definition) is 0. The van der Waals surface area contributed by atoms with Gasteiger partial charge in [-0.3, -0.25) is 9.36 Å². The number of aromatic nitrogens is 3. The van der Waals surface area contributed by atoms with Crippen LogP contribution in [0.2, 0.25) is 5.02 Å². The van der Waals surface area contributed by atoms with Gasteiger partial charge in [0.25, 0.3) is 5.56 Å². The molecule has 0 spiro atoms. The van der Waals surface area contributed by atoms with E-state index in [1.54, 1.807) is 24.1 Å². The predicted molar refractivity (Wildman–Crippen MR) is 107 cm³/mol. The molecule has 26 heavy (non-hydrogen) atoms. The number of aryl methyl sites for hydroxylation is 2. The maximum Gasteiger partial charge on any atom is 0.261 e. The van der Waals surface area contributed by atoms with Crippen LogP contribution in [0.4, 0.5) is 0 Å². The van der Waals surface area contributed by atoms with Crippen LogP contribution in [0, 0.1) is 6.92 Å². The van der Waals surface area contributed by atoms with Crippen LogP contribution in [0.25, 0.3) is 31.7 Å². The van der Waals surface area contributed by atoms with Crippen LogP contribution in [0.3, 0.4) is 0 Å². The standard InChI is InChI=1S/C19H16ClN3O2S/c1-4-23-9-21-16-12(5-10(2)6-13(16)19(23)24)18-22-17-14(20)7-11(25-3)8-15(17)26-18/h5-9H,4H2,1-3H3. The topological polar surface area (TPSA) is 57.0 Å². The molecule has 0 atom stereocenters. The zero-order valence-corrected chi connectivity index (χ0v) is 16.1. The second kappa shape index (κ2) is 6.37. The molecule has 0 aliphatic rings. The first-order chi connectivity index (χ1) is 12.5. The van der Waals surface area contributed by atoms with Crippen LogP contribution in [-0.4, -0.2) is 21.6 Å². The molecule has 0 unspecified atom stereocenters. The van der Waals surface area contributed by atoms with Crippen molar-refractivity contribution in [2.45, 2.75) is 20.4 Å². The fourth-order valence-corrected chi connectivity index (χ4v) is 4.35. The molecule has 4 rings (SSSR count). The number of thiazole rings is 1. The van der Waals surface area contributed by atoms with Crippen LogP contribution < -0.4 is 10.3 Å². The van der Waals surface area contributed by atoms with Gasteiger partial charge >= 0.3 is 0 Å². The first-order valence-corrected chi connectivity index (χ1v) is 9.35. The highest BCUT2D eigenvalue weighted by Crippen LogP contribution is 2.38. The molecule has 7 heteroatoms. The number of halogens is 1. The minimum Gasteiger partial charge on any atom is -0.497 e. The lowest BCUT2D eigenvalue weighted by Crippen LogP contribution is -2.19. The minimum absolute atomic E-state index is 0.0386. The number of hydrogen-bond acceptors (Lipinski definition) is 5. The van der Waals surface area contributed by atoms with Gasteiger partial charge in [0.1, 0.15) is 16.3 Å². The monoisotopic (exact) mass is 385 g/mol. The SMILES string of the molecule is CCn1cnc2c(-c3nc4c(Cl)cc(OC)cc4s3)cc(C)cc2c1=O. The Balaban J connectivity index is 2.02. The van der Waals surface area contributed by atoms with Gasteiger partial charge in [0, 0.05) is 18.2 Å². The molecule has 0 radical (unpaired) electrons. The molecule has 2 heterocycles. The summed E-state index contributed by atoms with van der Waals surface area (Å²) in [6, 6.07) is 7.55. The molecule has 0 fully saturated rings. The van der Waals surface area contributed by atoms with E-state index in [0.717, 1.165) is 26.4 Å². The summed E-state index contributed by atoms with van der Waals surface area (Å²) >= 11 is 7.86. The van der Waals surface area contributed by atoms with Crippen LogP contribution in [-0.2, 0) is 6.54 Å². The summed E-state index contributed by atoms with van der Waals surface area (Å²) in [5, 5.41) is 1.93. The van der Waals surface area contributed by atoms with Crippen molar-refractivity contribution in [3.63, 3.8) is 0 Å². The fourth-order valence-electron chi connectivity index (χ4n) is 3.00. The minimum atomic E-state index is -0.0386. The van der Waals surface area contributed by atoms with Gasteiger partial charge in [0.05, 0.1) is 34.1 Å². The maximum absolute atomic E-state index is 12.7. The van der Waals surface area contributed by atoms with Crippen LogP contribution in [0.15, 0.2) is 35.4 Å². The van der Waals surface area contributed by atoms with Gasteiger partial charge in [-0.2, -0.15) is 0 Å². The molecule has 0 N–H and O–H groups in total. The third kappa shape index (κ3) is 2.66. The Morgan fingerprint density at radius 3 is 2.77 bits per heavy atom. The third-order valence-corrected chi connectivity index (χ3v) is 5.62. The Labute approximate surface area is 158 Å². The van der Waals surface area contributed by atoms with Gasteiger partial charge in [-0.1, -0.05) is 11.6 Å². The van der Waals surface area contributed by atoms with E-state index in [9.17, 15) is 4.79 Å². The molecule has 2 aromatic carbocycles. The Morgan fingerprint density at radius 1 is 1.23 bits per heavy atom. The zero-order chi connectivity index (χ0) is 18.4. The number of nitrogens with zero attached hydrogens (tertiary/aromatic N) is 3. The Kier molecular flexibility index (Phi) is 4.17. The van der Waals surface area contributed by atoms with Crippen molar-refractivity contribution in [1.29, 1.82) is 0 Å². The van der Waals surface area contributed by atoms with Crippen molar-refractivity contribution in [2.24, 2.45) is 0 Å². The van der Waals surface area contributed by atoms with E-state index < -0.39 is 0 Å². The second-order valence-corrected chi connectivity index (χ2v) is 7.46. The lowest BCUT2D eigenvalue weighted by Gasteiger charge is -2.07. The molecule has 0 bridgehead atoms. The zero-order valence-electron chi connectivity index (χ0n) is 14.5.